The molecule has 0 bridgehead atoms. The Bertz CT molecular complexity index is 482. The normalized spacial score (nSPS) is 19.2. The van der Waals surface area contributed by atoms with E-state index in [0.717, 1.165) is 36.4 Å². The fourth-order valence-electron chi connectivity index (χ4n) is 2.88. The van der Waals surface area contributed by atoms with Gasteiger partial charge < -0.3 is 9.64 Å². The van der Waals surface area contributed by atoms with Crippen LogP contribution in [0.25, 0.3) is 0 Å². The Balaban J connectivity index is 2.22. The van der Waals surface area contributed by atoms with Gasteiger partial charge >= 0.3 is 0 Å². The number of carbonyl (C=O) groups excluding carboxylic acids is 1. The lowest BCUT2D eigenvalue weighted by Gasteiger charge is -2.31. The predicted octanol–water partition coefficient (Wildman–Crippen LogP) is 3.69. The molecule has 0 aromatic heterocycles. The van der Waals surface area contributed by atoms with Crippen molar-refractivity contribution in [1.29, 1.82) is 0 Å². The molecule has 20 heavy (non-hydrogen) atoms. The number of amides is 1. The van der Waals surface area contributed by atoms with E-state index in [-0.39, 0.29) is 5.91 Å². The maximum Gasteiger partial charge on any atom is 0.253 e. The number of hydrogen-bond acceptors (Lipinski definition) is 2. The van der Waals surface area contributed by atoms with Crippen molar-refractivity contribution >= 4 is 5.91 Å². The fourth-order valence-corrected chi connectivity index (χ4v) is 2.88. The first kappa shape index (κ1) is 14.9. The molecular weight excluding hydrogens is 250 g/mol. The van der Waals surface area contributed by atoms with E-state index in [2.05, 4.69) is 20.8 Å². The second kappa shape index (κ2) is 6.29. The van der Waals surface area contributed by atoms with Gasteiger partial charge in [0.05, 0.1) is 7.11 Å². The average molecular weight is 275 g/mol. The molecule has 0 spiro atoms. The SMILES string of the molecule is COc1cc(C(=O)N2CCCC(C)C2)ccc1C(C)C. The van der Waals surface area contributed by atoms with Gasteiger partial charge in [0.1, 0.15) is 5.75 Å². The molecule has 0 N–H and O–H groups in total. The highest BCUT2D eigenvalue weighted by molar-refractivity contribution is 5.94. The highest BCUT2D eigenvalue weighted by Crippen LogP contribution is 2.28. The van der Waals surface area contributed by atoms with Crippen LogP contribution in [0.5, 0.6) is 5.75 Å². The molecule has 1 aromatic carbocycles. The molecule has 2 rings (SSSR count). The lowest BCUT2D eigenvalue weighted by molar-refractivity contribution is 0.0682. The van der Waals surface area contributed by atoms with Crippen LogP contribution in [0, 0.1) is 5.92 Å². The molecule has 0 radical (unpaired) electrons. The van der Waals surface area contributed by atoms with Gasteiger partial charge in [-0.05, 0) is 42.4 Å². The number of methoxy groups -OCH3 is 1. The maximum atomic E-state index is 12.6. The minimum atomic E-state index is 0.130. The molecule has 110 valence electrons. The molecule has 0 aliphatic carbocycles. The van der Waals surface area contributed by atoms with E-state index < -0.39 is 0 Å². The highest BCUT2D eigenvalue weighted by atomic mass is 16.5. The molecule has 3 nitrogen and oxygen atoms in total. The fraction of sp³-hybridized carbons (Fsp3) is 0.588. The van der Waals surface area contributed by atoms with Crippen LogP contribution in [0.15, 0.2) is 18.2 Å². The summed E-state index contributed by atoms with van der Waals surface area (Å²) in [7, 11) is 1.67. The minimum absolute atomic E-state index is 0.130. The van der Waals surface area contributed by atoms with Gasteiger partial charge in [0, 0.05) is 18.7 Å². The minimum Gasteiger partial charge on any atom is -0.496 e. The number of rotatable bonds is 3. The van der Waals surface area contributed by atoms with Crippen molar-refractivity contribution in [1.82, 2.24) is 4.90 Å². The topological polar surface area (TPSA) is 29.5 Å². The lowest BCUT2D eigenvalue weighted by Crippen LogP contribution is -2.39. The first-order valence-corrected chi connectivity index (χ1v) is 7.50. The van der Waals surface area contributed by atoms with Gasteiger partial charge in [0.15, 0.2) is 0 Å². The molecule has 1 aromatic rings. The number of benzene rings is 1. The Morgan fingerprint density at radius 3 is 2.75 bits per heavy atom. The summed E-state index contributed by atoms with van der Waals surface area (Å²) in [6, 6.07) is 5.83. The van der Waals surface area contributed by atoms with Crippen LogP contribution in [0.4, 0.5) is 0 Å². The van der Waals surface area contributed by atoms with Crippen LogP contribution >= 0.6 is 0 Å². The van der Waals surface area contributed by atoms with Crippen molar-refractivity contribution in [3.05, 3.63) is 29.3 Å². The second-order valence-electron chi connectivity index (χ2n) is 6.11. The van der Waals surface area contributed by atoms with Crippen molar-refractivity contribution in [3.63, 3.8) is 0 Å². The number of carbonyl (C=O) groups is 1. The van der Waals surface area contributed by atoms with Crippen molar-refractivity contribution in [3.8, 4) is 5.75 Å². The maximum absolute atomic E-state index is 12.6. The smallest absolute Gasteiger partial charge is 0.253 e. The van der Waals surface area contributed by atoms with Gasteiger partial charge in [0.25, 0.3) is 5.91 Å². The van der Waals surface area contributed by atoms with Gasteiger partial charge in [-0.2, -0.15) is 0 Å². The van der Waals surface area contributed by atoms with Crippen molar-refractivity contribution < 1.29 is 9.53 Å². The van der Waals surface area contributed by atoms with E-state index >= 15 is 0 Å². The Kier molecular flexibility index (Phi) is 4.69. The molecular formula is C17H25NO2. The summed E-state index contributed by atoms with van der Waals surface area (Å²) in [5.41, 5.74) is 1.89. The summed E-state index contributed by atoms with van der Waals surface area (Å²) in [6.45, 7) is 8.21. The second-order valence-corrected chi connectivity index (χ2v) is 6.11. The molecule has 1 heterocycles. The van der Waals surface area contributed by atoms with Crippen LogP contribution in [0.2, 0.25) is 0 Å². The van der Waals surface area contributed by atoms with E-state index in [4.69, 9.17) is 4.74 Å². The van der Waals surface area contributed by atoms with Gasteiger partial charge in [-0.3, -0.25) is 4.79 Å². The van der Waals surface area contributed by atoms with E-state index in [9.17, 15) is 4.79 Å². The van der Waals surface area contributed by atoms with Crippen LogP contribution < -0.4 is 4.74 Å². The Morgan fingerprint density at radius 1 is 1.40 bits per heavy atom. The molecule has 0 saturated carbocycles. The van der Waals surface area contributed by atoms with E-state index in [1.54, 1.807) is 7.11 Å². The molecule has 1 atom stereocenters. The van der Waals surface area contributed by atoms with E-state index in [0.29, 0.717) is 11.8 Å². The Morgan fingerprint density at radius 2 is 2.15 bits per heavy atom. The predicted molar refractivity (Wildman–Crippen MR) is 81.4 cm³/mol. The molecule has 3 heteroatoms. The summed E-state index contributed by atoms with van der Waals surface area (Å²) < 4.78 is 5.44. The summed E-state index contributed by atoms with van der Waals surface area (Å²) in [4.78, 5) is 14.5. The van der Waals surface area contributed by atoms with Crippen molar-refractivity contribution in [2.45, 2.75) is 39.5 Å². The summed E-state index contributed by atoms with van der Waals surface area (Å²) >= 11 is 0. The largest absolute Gasteiger partial charge is 0.496 e. The molecule has 1 amide bonds. The molecule has 1 aliphatic rings. The van der Waals surface area contributed by atoms with Crippen LogP contribution in [-0.2, 0) is 0 Å². The van der Waals surface area contributed by atoms with E-state index in [1.165, 1.54) is 6.42 Å². The standard InChI is InChI=1S/C17H25NO2/c1-12(2)15-8-7-14(10-16(15)20-4)17(19)18-9-5-6-13(3)11-18/h7-8,10,12-13H,5-6,9,11H2,1-4H3. The number of nitrogens with zero attached hydrogens (tertiary/aromatic N) is 1. The van der Waals surface area contributed by atoms with Crippen LogP contribution in [-0.4, -0.2) is 31.0 Å². The zero-order chi connectivity index (χ0) is 14.7. The summed E-state index contributed by atoms with van der Waals surface area (Å²) in [5, 5.41) is 0. The quantitative estimate of drug-likeness (QED) is 0.842. The summed E-state index contributed by atoms with van der Waals surface area (Å²) in [5.74, 6) is 1.94. The lowest BCUT2D eigenvalue weighted by atomic mass is 9.97. The van der Waals surface area contributed by atoms with Gasteiger partial charge in [-0.1, -0.05) is 26.8 Å². The van der Waals surface area contributed by atoms with Crippen molar-refractivity contribution in [2.75, 3.05) is 20.2 Å². The van der Waals surface area contributed by atoms with Crippen LogP contribution in [0.3, 0.4) is 0 Å². The van der Waals surface area contributed by atoms with Gasteiger partial charge in [0.2, 0.25) is 0 Å². The van der Waals surface area contributed by atoms with Crippen molar-refractivity contribution in [2.24, 2.45) is 5.92 Å². The molecule has 1 saturated heterocycles. The monoisotopic (exact) mass is 275 g/mol. The van der Waals surface area contributed by atoms with E-state index in [1.807, 2.05) is 23.1 Å². The molecule has 1 aliphatic heterocycles. The molecule has 1 unspecified atom stereocenters. The number of ether oxygens (including phenoxy) is 1. The third-order valence-electron chi connectivity index (χ3n) is 4.05. The highest BCUT2D eigenvalue weighted by Gasteiger charge is 2.22. The van der Waals surface area contributed by atoms with Gasteiger partial charge in [-0.25, -0.2) is 0 Å². The zero-order valence-electron chi connectivity index (χ0n) is 13.0. The number of piperidine rings is 1. The Hall–Kier alpha value is -1.51. The third kappa shape index (κ3) is 3.14. The van der Waals surface area contributed by atoms with Crippen LogP contribution in [0.1, 0.15) is 55.5 Å². The average Bonchev–Trinajstić information content (AvgIpc) is 2.45. The first-order chi connectivity index (χ1) is 9.52. The number of likely N-dealkylation sites (tertiary alicyclic amines) is 1. The molecule has 1 fully saturated rings. The summed E-state index contributed by atoms with van der Waals surface area (Å²) in [6.07, 6.45) is 2.33. The number of hydrogen-bond donors (Lipinski definition) is 0. The Labute approximate surface area is 121 Å². The third-order valence-corrected chi connectivity index (χ3v) is 4.05. The zero-order valence-corrected chi connectivity index (χ0v) is 13.0. The first-order valence-electron chi connectivity index (χ1n) is 7.50. The van der Waals surface area contributed by atoms with Gasteiger partial charge in [-0.15, -0.1) is 0 Å².